The van der Waals surface area contributed by atoms with Gasteiger partial charge >= 0.3 is 0 Å². The van der Waals surface area contributed by atoms with Crippen molar-refractivity contribution in [1.82, 2.24) is 10.2 Å². The molecule has 0 aliphatic heterocycles. The first-order valence-electron chi connectivity index (χ1n) is 12.1. The zero-order valence-electron chi connectivity index (χ0n) is 21.7. The molecule has 3 rings (SSSR count). The van der Waals surface area contributed by atoms with Crippen LogP contribution in [0.15, 0.2) is 77.7 Å². The minimum atomic E-state index is -4.25. The summed E-state index contributed by atoms with van der Waals surface area (Å²) in [7, 11) is -4.25. The van der Waals surface area contributed by atoms with Gasteiger partial charge in [0.25, 0.3) is 10.0 Å². The summed E-state index contributed by atoms with van der Waals surface area (Å²) < 4.78 is 42.2. The minimum Gasteiger partial charge on any atom is -0.352 e. The van der Waals surface area contributed by atoms with Crippen LogP contribution in [0.4, 0.5) is 10.1 Å². The van der Waals surface area contributed by atoms with Gasteiger partial charge in [-0.25, -0.2) is 12.8 Å². The maximum Gasteiger partial charge on any atom is 0.264 e. The predicted molar refractivity (Wildman–Crippen MR) is 147 cm³/mol. The molecule has 3 aromatic rings. The molecule has 10 heteroatoms. The number of nitrogens with zero attached hydrogens (tertiary/aromatic N) is 2. The van der Waals surface area contributed by atoms with Crippen LogP contribution < -0.4 is 9.62 Å². The molecule has 3 aromatic carbocycles. The van der Waals surface area contributed by atoms with Crippen molar-refractivity contribution in [2.75, 3.05) is 10.8 Å². The fraction of sp³-hybridized carbons (Fsp3) is 0.286. The maximum atomic E-state index is 13.9. The van der Waals surface area contributed by atoms with Crippen LogP contribution in [-0.2, 0) is 26.2 Å². The number of anilines is 1. The van der Waals surface area contributed by atoms with Crippen LogP contribution in [-0.4, -0.2) is 43.8 Å². The van der Waals surface area contributed by atoms with E-state index in [9.17, 15) is 22.4 Å². The molecule has 1 atom stereocenters. The second-order valence-corrected chi connectivity index (χ2v) is 11.5. The first-order valence-corrected chi connectivity index (χ1v) is 13.9. The Kier molecular flexibility index (Phi) is 9.51. The standard InChI is InChI=1S/C28H31ClFN3O4S/c1-19(2)31-28(35)21(4)32(17-22-11-9-8-10-20(22)3)27(34)18-33(23-14-15-26(30)25(29)16-23)38(36,37)24-12-6-5-7-13-24/h5-16,19,21H,17-18H2,1-4H3,(H,31,35)/t21-/m1/s1. The Labute approximate surface area is 228 Å². The zero-order valence-corrected chi connectivity index (χ0v) is 23.3. The summed E-state index contributed by atoms with van der Waals surface area (Å²) in [5, 5.41) is 2.52. The molecule has 202 valence electrons. The normalized spacial score (nSPS) is 12.2. The molecule has 0 heterocycles. The Balaban J connectivity index is 2.06. The summed E-state index contributed by atoms with van der Waals surface area (Å²) in [6.07, 6.45) is 0. The van der Waals surface area contributed by atoms with E-state index in [-0.39, 0.29) is 34.1 Å². The largest absolute Gasteiger partial charge is 0.352 e. The highest BCUT2D eigenvalue weighted by molar-refractivity contribution is 7.92. The van der Waals surface area contributed by atoms with Gasteiger partial charge in [-0.15, -0.1) is 0 Å². The van der Waals surface area contributed by atoms with Gasteiger partial charge in [-0.2, -0.15) is 0 Å². The van der Waals surface area contributed by atoms with E-state index in [0.717, 1.165) is 27.6 Å². The number of benzene rings is 3. The molecule has 0 aromatic heterocycles. The van der Waals surface area contributed by atoms with Crippen molar-refractivity contribution in [3.8, 4) is 0 Å². The molecule has 0 fully saturated rings. The van der Waals surface area contributed by atoms with Crippen molar-refractivity contribution >= 4 is 39.1 Å². The number of sulfonamides is 1. The predicted octanol–water partition coefficient (Wildman–Crippen LogP) is 4.92. The molecule has 0 bridgehead atoms. The number of hydrogen-bond donors (Lipinski definition) is 1. The number of aryl methyl sites for hydroxylation is 1. The highest BCUT2D eigenvalue weighted by Crippen LogP contribution is 2.28. The number of hydrogen-bond acceptors (Lipinski definition) is 4. The van der Waals surface area contributed by atoms with Crippen LogP contribution in [0.25, 0.3) is 0 Å². The number of rotatable bonds is 10. The van der Waals surface area contributed by atoms with Crippen molar-refractivity contribution < 1.29 is 22.4 Å². The van der Waals surface area contributed by atoms with Crippen molar-refractivity contribution in [2.45, 2.75) is 51.2 Å². The average molecular weight is 560 g/mol. The zero-order chi connectivity index (χ0) is 28.0. The summed E-state index contributed by atoms with van der Waals surface area (Å²) in [6, 6.07) is 17.4. The monoisotopic (exact) mass is 559 g/mol. The van der Waals surface area contributed by atoms with Crippen LogP contribution in [0.2, 0.25) is 5.02 Å². The van der Waals surface area contributed by atoms with Crippen LogP contribution in [0.5, 0.6) is 0 Å². The van der Waals surface area contributed by atoms with Gasteiger partial charge in [0, 0.05) is 12.6 Å². The third-order valence-corrected chi connectivity index (χ3v) is 8.08. The molecule has 0 spiro atoms. The van der Waals surface area contributed by atoms with Gasteiger partial charge in [-0.3, -0.25) is 13.9 Å². The van der Waals surface area contributed by atoms with Gasteiger partial charge in [0.15, 0.2) is 0 Å². The number of nitrogens with one attached hydrogen (secondary N) is 1. The molecule has 0 aliphatic rings. The lowest BCUT2D eigenvalue weighted by molar-refractivity contribution is -0.139. The lowest BCUT2D eigenvalue weighted by atomic mass is 10.1. The number of carbonyl (C=O) groups excluding carboxylic acids is 2. The first kappa shape index (κ1) is 29.1. The molecular weight excluding hydrogens is 529 g/mol. The summed E-state index contributed by atoms with van der Waals surface area (Å²) in [5.74, 6) is -1.71. The van der Waals surface area contributed by atoms with Crippen molar-refractivity contribution in [3.05, 3.63) is 94.8 Å². The quantitative estimate of drug-likeness (QED) is 0.382. The van der Waals surface area contributed by atoms with E-state index >= 15 is 0 Å². The second kappa shape index (κ2) is 12.4. The fourth-order valence-corrected chi connectivity index (χ4v) is 5.45. The summed E-state index contributed by atoms with van der Waals surface area (Å²) in [5.41, 5.74) is 1.75. The second-order valence-electron chi connectivity index (χ2n) is 9.21. The number of carbonyl (C=O) groups is 2. The van der Waals surface area contributed by atoms with E-state index in [4.69, 9.17) is 11.6 Å². The van der Waals surface area contributed by atoms with Crippen molar-refractivity contribution in [3.63, 3.8) is 0 Å². The van der Waals surface area contributed by atoms with E-state index in [1.807, 2.05) is 45.0 Å². The SMILES string of the molecule is Cc1ccccc1CN(C(=O)CN(c1ccc(F)c(Cl)c1)S(=O)(=O)c1ccccc1)[C@H](C)C(=O)NC(C)C. The Morgan fingerprint density at radius 2 is 1.61 bits per heavy atom. The third-order valence-electron chi connectivity index (χ3n) is 6.00. The van der Waals surface area contributed by atoms with Crippen LogP contribution in [0.3, 0.4) is 0 Å². The van der Waals surface area contributed by atoms with Gasteiger partial charge in [0.2, 0.25) is 11.8 Å². The van der Waals surface area contributed by atoms with Gasteiger partial charge in [-0.1, -0.05) is 54.1 Å². The lowest BCUT2D eigenvalue weighted by Gasteiger charge is -2.32. The van der Waals surface area contributed by atoms with Gasteiger partial charge in [-0.05, 0) is 69.2 Å². The molecule has 0 aliphatic carbocycles. The highest BCUT2D eigenvalue weighted by Gasteiger charge is 2.33. The topological polar surface area (TPSA) is 86.8 Å². The van der Waals surface area contributed by atoms with E-state index in [0.29, 0.717) is 0 Å². The summed E-state index contributed by atoms with van der Waals surface area (Å²) >= 11 is 5.97. The maximum absolute atomic E-state index is 13.9. The number of amides is 2. The molecule has 38 heavy (non-hydrogen) atoms. The van der Waals surface area contributed by atoms with Gasteiger partial charge < -0.3 is 10.2 Å². The Bertz CT molecular complexity index is 1400. The van der Waals surface area contributed by atoms with Gasteiger partial charge in [0.05, 0.1) is 15.6 Å². The third kappa shape index (κ3) is 6.90. The Morgan fingerprint density at radius 3 is 2.21 bits per heavy atom. The molecule has 0 saturated heterocycles. The number of halogens is 2. The molecule has 7 nitrogen and oxygen atoms in total. The van der Waals surface area contributed by atoms with E-state index in [1.165, 1.54) is 23.1 Å². The lowest BCUT2D eigenvalue weighted by Crippen LogP contribution is -2.52. The molecule has 0 unspecified atom stereocenters. The summed E-state index contributed by atoms with van der Waals surface area (Å²) in [4.78, 5) is 28.1. The van der Waals surface area contributed by atoms with E-state index in [2.05, 4.69) is 5.32 Å². The smallest absolute Gasteiger partial charge is 0.264 e. The Hall–Kier alpha value is -3.43. The van der Waals surface area contributed by atoms with E-state index in [1.54, 1.807) is 25.1 Å². The average Bonchev–Trinajstić information content (AvgIpc) is 2.88. The molecule has 0 radical (unpaired) electrons. The van der Waals surface area contributed by atoms with E-state index < -0.39 is 34.3 Å². The van der Waals surface area contributed by atoms with Crippen LogP contribution >= 0.6 is 11.6 Å². The molecule has 0 saturated carbocycles. The Morgan fingerprint density at radius 1 is 0.974 bits per heavy atom. The van der Waals surface area contributed by atoms with Crippen molar-refractivity contribution in [2.24, 2.45) is 0 Å². The molecule has 1 N–H and O–H groups in total. The van der Waals surface area contributed by atoms with Crippen molar-refractivity contribution in [1.29, 1.82) is 0 Å². The fourth-order valence-electron chi connectivity index (χ4n) is 3.85. The van der Waals surface area contributed by atoms with Gasteiger partial charge in [0.1, 0.15) is 18.4 Å². The molecule has 2 amide bonds. The highest BCUT2D eigenvalue weighted by atomic mass is 35.5. The van der Waals surface area contributed by atoms with Crippen LogP contribution in [0.1, 0.15) is 31.9 Å². The minimum absolute atomic E-state index is 0.0173. The van der Waals surface area contributed by atoms with Crippen LogP contribution in [0, 0.1) is 12.7 Å². The first-order chi connectivity index (χ1) is 17.9. The summed E-state index contributed by atoms with van der Waals surface area (Å²) in [6.45, 7) is 6.56. The molecular formula is C28H31ClFN3O4S.